The highest BCUT2D eigenvalue weighted by Gasteiger charge is 2.67. The molecule has 6 heteroatoms. The lowest BCUT2D eigenvalue weighted by atomic mass is 9.63. The zero-order valence-electron chi connectivity index (χ0n) is 15.1. The van der Waals surface area contributed by atoms with Gasteiger partial charge >= 0.3 is 23.9 Å². The van der Waals surface area contributed by atoms with E-state index in [1.807, 2.05) is 0 Å². The molecule has 2 heterocycles. The molecule has 0 N–H and O–H groups in total. The maximum atomic E-state index is 11.5. The van der Waals surface area contributed by atoms with Crippen molar-refractivity contribution >= 4 is 23.9 Å². The molecule has 2 aliphatic heterocycles. The first-order valence-electron chi connectivity index (χ1n) is 10.4. The molecule has 12 atom stereocenters. The van der Waals surface area contributed by atoms with Crippen LogP contribution >= 0.6 is 0 Å². The normalized spacial score (nSPS) is 56.9. The predicted molar refractivity (Wildman–Crippen MR) is 91.6 cm³/mol. The SMILES string of the molecule is O=C1OC(=O)[C@H]2C3C=CC(C4CC43)[C@@H]12.O=C1OC(=O)[C@H]2C3C=CC([C@H]4C[C@@H]34)[C@@H]12. The largest absolute Gasteiger partial charge is 0.393 e. The fraction of sp³-hybridized carbons (Fsp3) is 0.636. The molecular formula is C22H20O6. The number of allylic oxidation sites excluding steroid dienone is 4. The number of esters is 4. The molecule has 28 heavy (non-hydrogen) atoms. The highest BCUT2D eigenvalue weighted by molar-refractivity contribution is 5.98. The first-order chi connectivity index (χ1) is 13.5. The van der Waals surface area contributed by atoms with Crippen LogP contribution in [0.4, 0.5) is 0 Å². The molecule has 6 unspecified atom stereocenters. The van der Waals surface area contributed by atoms with E-state index in [1.165, 1.54) is 12.8 Å². The van der Waals surface area contributed by atoms with Crippen molar-refractivity contribution in [2.75, 3.05) is 0 Å². The Hall–Kier alpha value is -2.24. The Kier molecular flexibility index (Phi) is 2.70. The number of rotatable bonds is 0. The van der Waals surface area contributed by atoms with Crippen molar-refractivity contribution in [3.63, 3.8) is 0 Å². The fourth-order valence-corrected chi connectivity index (χ4v) is 7.51. The fourth-order valence-electron chi connectivity index (χ4n) is 7.51. The van der Waals surface area contributed by atoms with Crippen molar-refractivity contribution in [3.05, 3.63) is 24.3 Å². The Labute approximate surface area is 161 Å². The van der Waals surface area contributed by atoms with Crippen LogP contribution < -0.4 is 0 Å². The molecule has 0 radical (unpaired) electrons. The molecule has 144 valence electrons. The molecule has 0 amide bonds. The summed E-state index contributed by atoms with van der Waals surface area (Å²) < 4.78 is 9.48. The molecule has 0 aromatic carbocycles. The summed E-state index contributed by atoms with van der Waals surface area (Å²) in [6, 6.07) is 0. The average molecular weight is 380 g/mol. The standard InChI is InChI=1S/2C11H10O3/c2*12-10-8-4-1-2-5(7-3-6(4)7)9(8)11(13)14-10/h2*1-2,4-9H,3H2/t4?,5?,6?,7?,8-,9+;4?,5?,6-,7+,8-,9+. The van der Waals surface area contributed by atoms with Gasteiger partial charge in [-0.3, -0.25) is 19.2 Å². The minimum absolute atomic E-state index is 0.138. The lowest BCUT2D eigenvalue weighted by Crippen LogP contribution is -2.40. The third-order valence-electron chi connectivity index (χ3n) is 8.79. The summed E-state index contributed by atoms with van der Waals surface area (Å²) in [5.74, 6) is 2.24. The van der Waals surface area contributed by atoms with Crippen LogP contribution in [0, 0.1) is 71.0 Å². The number of carbonyl (C=O) groups excluding carboxylic acids is 4. The molecular weight excluding hydrogens is 360 g/mol. The van der Waals surface area contributed by atoms with E-state index >= 15 is 0 Å². The van der Waals surface area contributed by atoms with E-state index in [9.17, 15) is 19.2 Å². The van der Waals surface area contributed by atoms with E-state index in [-0.39, 0.29) is 47.5 Å². The molecule has 2 saturated heterocycles. The summed E-state index contributed by atoms with van der Waals surface area (Å²) in [4.78, 5) is 46.0. The van der Waals surface area contributed by atoms with Gasteiger partial charge in [0.15, 0.2) is 0 Å². The van der Waals surface area contributed by atoms with Crippen LogP contribution in [0.3, 0.4) is 0 Å². The van der Waals surface area contributed by atoms with Crippen LogP contribution in [0.2, 0.25) is 0 Å². The summed E-state index contributed by atoms with van der Waals surface area (Å²) in [5, 5.41) is 0. The highest BCUT2D eigenvalue weighted by Crippen LogP contribution is 2.66. The summed E-state index contributed by atoms with van der Waals surface area (Å²) in [5.41, 5.74) is 0. The zero-order chi connectivity index (χ0) is 18.9. The van der Waals surface area contributed by atoms with E-state index in [0.717, 1.165) is 0 Å². The van der Waals surface area contributed by atoms with E-state index < -0.39 is 0 Å². The number of cyclic esters (lactones) is 4. The minimum atomic E-state index is -0.273. The lowest BCUT2D eigenvalue weighted by Gasteiger charge is -2.36. The van der Waals surface area contributed by atoms with Crippen molar-refractivity contribution in [3.8, 4) is 0 Å². The molecule has 4 bridgehead atoms. The molecule has 0 aromatic rings. The van der Waals surface area contributed by atoms with Gasteiger partial charge in [-0.15, -0.1) is 0 Å². The van der Waals surface area contributed by atoms with Crippen LogP contribution in [-0.4, -0.2) is 23.9 Å². The second-order valence-corrected chi connectivity index (χ2v) is 9.79. The third kappa shape index (κ3) is 1.75. The second-order valence-electron chi connectivity index (χ2n) is 9.79. The van der Waals surface area contributed by atoms with Crippen LogP contribution in [0.5, 0.6) is 0 Å². The van der Waals surface area contributed by atoms with Crippen molar-refractivity contribution in [1.29, 1.82) is 0 Å². The van der Waals surface area contributed by atoms with Crippen molar-refractivity contribution in [2.24, 2.45) is 71.0 Å². The predicted octanol–water partition coefficient (Wildman–Crippen LogP) is 1.51. The Morgan fingerprint density at radius 1 is 0.500 bits per heavy atom. The van der Waals surface area contributed by atoms with Gasteiger partial charge in [-0.1, -0.05) is 24.3 Å². The first kappa shape index (κ1) is 15.7. The number of hydrogen-bond donors (Lipinski definition) is 0. The zero-order valence-corrected chi connectivity index (χ0v) is 15.1. The topological polar surface area (TPSA) is 86.7 Å². The lowest BCUT2D eigenvalue weighted by molar-refractivity contribution is -0.155. The van der Waals surface area contributed by atoms with E-state index in [2.05, 4.69) is 24.3 Å². The molecule has 8 aliphatic carbocycles. The maximum Gasteiger partial charge on any atom is 0.318 e. The van der Waals surface area contributed by atoms with Gasteiger partial charge in [0, 0.05) is 0 Å². The number of carbonyl (C=O) groups is 4. The van der Waals surface area contributed by atoms with Gasteiger partial charge in [-0.25, -0.2) is 0 Å². The number of ether oxygens (including phenoxy) is 2. The summed E-state index contributed by atoms with van der Waals surface area (Å²) in [6.07, 6.45) is 11.0. The van der Waals surface area contributed by atoms with Gasteiger partial charge in [0.25, 0.3) is 0 Å². The number of hydrogen-bond acceptors (Lipinski definition) is 6. The van der Waals surface area contributed by atoms with Crippen molar-refractivity contribution in [1.82, 2.24) is 0 Å². The Morgan fingerprint density at radius 3 is 1.00 bits per heavy atom. The van der Waals surface area contributed by atoms with Gasteiger partial charge < -0.3 is 9.47 Å². The van der Waals surface area contributed by atoms with Crippen LogP contribution in [0.15, 0.2) is 24.3 Å². The van der Waals surface area contributed by atoms with Crippen molar-refractivity contribution < 1.29 is 28.7 Å². The molecule has 0 spiro atoms. The van der Waals surface area contributed by atoms with Crippen molar-refractivity contribution in [2.45, 2.75) is 12.8 Å². The van der Waals surface area contributed by atoms with Gasteiger partial charge in [-0.05, 0) is 60.2 Å². The third-order valence-corrected chi connectivity index (χ3v) is 8.79. The van der Waals surface area contributed by atoms with Gasteiger partial charge in [0.1, 0.15) is 0 Å². The van der Waals surface area contributed by atoms with E-state index in [4.69, 9.17) is 9.47 Å². The van der Waals surface area contributed by atoms with Crippen LogP contribution in [0.1, 0.15) is 12.8 Å². The molecule has 6 nitrogen and oxygen atoms in total. The van der Waals surface area contributed by atoms with Gasteiger partial charge in [0.05, 0.1) is 23.7 Å². The van der Waals surface area contributed by atoms with Gasteiger partial charge in [0.2, 0.25) is 0 Å². The van der Waals surface area contributed by atoms with Crippen LogP contribution in [-0.2, 0) is 28.7 Å². The summed E-state index contributed by atoms with van der Waals surface area (Å²) in [6.45, 7) is 0. The van der Waals surface area contributed by atoms with Crippen LogP contribution in [0.25, 0.3) is 0 Å². The molecule has 10 aliphatic rings. The monoisotopic (exact) mass is 380 g/mol. The highest BCUT2D eigenvalue weighted by atomic mass is 16.6. The first-order valence-corrected chi connectivity index (χ1v) is 10.4. The maximum absolute atomic E-state index is 11.5. The smallest absolute Gasteiger partial charge is 0.318 e. The second kappa shape index (κ2) is 4.84. The molecule has 10 rings (SSSR count). The summed E-state index contributed by atoms with van der Waals surface area (Å²) in [7, 11) is 0. The molecule has 4 saturated carbocycles. The minimum Gasteiger partial charge on any atom is -0.393 e. The quantitative estimate of drug-likeness (QED) is 0.360. The Balaban J connectivity index is 0.000000103. The van der Waals surface area contributed by atoms with Gasteiger partial charge in [-0.2, -0.15) is 0 Å². The molecule has 6 fully saturated rings. The van der Waals surface area contributed by atoms with E-state index in [0.29, 0.717) is 47.3 Å². The molecule has 0 aromatic heterocycles. The Morgan fingerprint density at radius 2 is 0.750 bits per heavy atom. The Bertz CT molecular complexity index is 774. The summed E-state index contributed by atoms with van der Waals surface area (Å²) >= 11 is 0. The average Bonchev–Trinajstić information content (AvgIpc) is 3.59. The van der Waals surface area contributed by atoms with E-state index in [1.54, 1.807) is 0 Å².